The van der Waals surface area contributed by atoms with Crippen LogP contribution in [0.25, 0.3) is 0 Å². The number of ether oxygens (including phenoxy) is 1. The smallest absolute Gasteiger partial charge is 0.416 e. The molecule has 5 nitrogen and oxygen atoms in total. The number of hydrogen-bond acceptors (Lipinski definition) is 4. The molecular weight excluding hydrogens is 378 g/mol. The highest BCUT2D eigenvalue weighted by Gasteiger charge is 2.50. The van der Waals surface area contributed by atoms with Crippen LogP contribution in [0.2, 0.25) is 0 Å². The minimum Gasteiger partial charge on any atom is -0.488 e. The van der Waals surface area contributed by atoms with Crippen LogP contribution in [0.5, 0.6) is 5.75 Å². The SMILES string of the molecule is CN1C(=O)C(COc2cc(C(F)(F)F)ccc2F)(CC2CCCCC2)NC1N. The molecule has 3 N–H and O–H groups in total. The van der Waals surface area contributed by atoms with E-state index in [9.17, 15) is 22.4 Å². The fourth-order valence-electron chi connectivity index (χ4n) is 4.09. The monoisotopic (exact) mass is 403 g/mol. The van der Waals surface area contributed by atoms with E-state index in [2.05, 4.69) is 5.32 Å². The van der Waals surface area contributed by atoms with Gasteiger partial charge in [-0.25, -0.2) is 4.39 Å². The summed E-state index contributed by atoms with van der Waals surface area (Å²) < 4.78 is 58.2. The Morgan fingerprint density at radius 3 is 2.54 bits per heavy atom. The van der Waals surface area contributed by atoms with Crippen molar-refractivity contribution in [3.63, 3.8) is 0 Å². The Bertz CT molecular complexity index is 722. The molecule has 28 heavy (non-hydrogen) atoms. The number of carbonyl (C=O) groups excluding carboxylic acids is 1. The molecule has 1 saturated heterocycles. The summed E-state index contributed by atoms with van der Waals surface area (Å²) in [6, 6.07) is 1.99. The Kier molecular flexibility index (Phi) is 5.86. The Morgan fingerprint density at radius 2 is 1.96 bits per heavy atom. The molecule has 1 saturated carbocycles. The molecule has 156 valence electrons. The van der Waals surface area contributed by atoms with E-state index in [1.54, 1.807) is 7.05 Å². The van der Waals surface area contributed by atoms with Gasteiger partial charge in [0.1, 0.15) is 18.4 Å². The maximum absolute atomic E-state index is 14.0. The molecule has 0 aromatic heterocycles. The number of benzene rings is 1. The maximum atomic E-state index is 14.0. The lowest BCUT2D eigenvalue weighted by atomic mass is 9.79. The van der Waals surface area contributed by atoms with E-state index in [4.69, 9.17) is 10.5 Å². The van der Waals surface area contributed by atoms with Crippen molar-refractivity contribution in [3.05, 3.63) is 29.6 Å². The molecule has 2 aliphatic rings. The molecule has 9 heteroatoms. The van der Waals surface area contributed by atoms with Gasteiger partial charge in [0.05, 0.1) is 5.56 Å². The predicted octanol–water partition coefficient (Wildman–Crippen LogP) is 3.24. The van der Waals surface area contributed by atoms with Crippen molar-refractivity contribution in [2.75, 3.05) is 13.7 Å². The minimum absolute atomic E-state index is 0.277. The highest BCUT2D eigenvalue weighted by atomic mass is 19.4. The lowest BCUT2D eigenvalue weighted by molar-refractivity contribution is -0.138. The van der Waals surface area contributed by atoms with Crippen LogP contribution in [0.4, 0.5) is 17.6 Å². The molecule has 0 bridgehead atoms. The van der Waals surface area contributed by atoms with Gasteiger partial charge in [-0.2, -0.15) is 13.2 Å². The number of likely N-dealkylation sites (N-methyl/N-ethyl adjacent to an activating group) is 1. The van der Waals surface area contributed by atoms with Crippen molar-refractivity contribution in [2.45, 2.75) is 56.5 Å². The molecule has 2 fully saturated rings. The first kappa shape index (κ1) is 20.9. The Balaban J connectivity index is 1.82. The third kappa shape index (κ3) is 4.25. The van der Waals surface area contributed by atoms with Gasteiger partial charge in [0.25, 0.3) is 0 Å². The third-order valence-electron chi connectivity index (χ3n) is 5.67. The number of alkyl halides is 3. The number of nitrogens with two attached hydrogens (primary N) is 1. The second kappa shape index (κ2) is 7.87. The van der Waals surface area contributed by atoms with Gasteiger partial charge in [-0.1, -0.05) is 32.1 Å². The van der Waals surface area contributed by atoms with Gasteiger partial charge in [-0.3, -0.25) is 15.8 Å². The van der Waals surface area contributed by atoms with E-state index in [-0.39, 0.29) is 18.4 Å². The molecule has 0 radical (unpaired) electrons. The summed E-state index contributed by atoms with van der Waals surface area (Å²) in [6.45, 7) is -0.293. The normalized spacial score (nSPS) is 26.7. The number of rotatable bonds is 5. The Hall–Kier alpha value is -1.87. The average molecular weight is 403 g/mol. The van der Waals surface area contributed by atoms with Gasteiger partial charge >= 0.3 is 6.18 Å². The molecule has 1 amide bonds. The summed E-state index contributed by atoms with van der Waals surface area (Å²) in [5, 5.41) is 3.03. The maximum Gasteiger partial charge on any atom is 0.416 e. The molecule has 1 heterocycles. The van der Waals surface area contributed by atoms with Crippen molar-refractivity contribution in [2.24, 2.45) is 11.7 Å². The second-order valence-electron chi connectivity index (χ2n) is 7.73. The zero-order valence-corrected chi connectivity index (χ0v) is 15.7. The molecule has 1 aromatic rings. The van der Waals surface area contributed by atoms with Crippen LogP contribution in [-0.4, -0.2) is 36.3 Å². The first-order valence-corrected chi connectivity index (χ1v) is 9.42. The van der Waals surface area contributed by atoms with Crippen molar-refractivity contribution in [3.8, 4) is 5.75 Å². The van der Waals surface area contributed by atoms with Crippen LogP contribution in [0, 0.1) is 11.7 Å². The number of carbonyl (C=O) groups is 1. The summed E-state index contributed by atoms with van der Waals surface area (Å²) in [4.78, 5) is 14.2. The van der Waals surface area contributed by atoms with E-state index in [1.165, 1.54) is 4.90 Å². The topological polar surface area (TPSA) is 67.6 Å². The molecule has 0 spiro atoms. The van der Waals surface area contributed by atoms with Crippen molar-refractivity contribution in [1.82, 2.24) is 10.2 Å². The summed E-state index contributed by atoms with van der Waals surface area (Å²) in [5.74, 6) is -1.46. The Morgan fingerprint density at radius 1 is 1.29 bits per heavy atom. The molecule has 1 aliphatic carbocycles. The van der Waals surface area contributed by atoms with Crippen LogP contribution in [0.15, 0.2) is 18.2 Å². The zero-order chi connectivity index (χ0) is 20.5. The van der Waals surface area contributed by atoms with Crippen LogP contribution in [0.3, 0.4) is 0 Å². The third-order valence-corrected chi connectivity index (χ3v) is 5.67. The van der Waals surface area contributed by atoms with Gasteiger partial charge < -0.3 is 9.64 Å². The van der Waals surface area contributed by atoms with Crippen LogP contribution < -0.4 is 15.8 Å². The van der Waals surface area contributed by atoms with E-state index in [0.717, 1.165) is 32.1 Å². The van der Waals surface area contributed by atoms with E-state index < -0.39 is 35.1 Å². The minimum atomic E-state index is -4.62. The van der Waals surface area contributed by atoms with E-state index in [0.29, 0.717) is 24.6 Å². The molecule has 1 aliphatic heterocycles. The summed E-state index contributed by atoms with van der Waals surface area (Å²) in [5.41, 5.74) is 3.75. The lowest BCUT2D eigenvalue weighted by Gasteiger charge is -2.33. The number of amides is 1. The number of hydrogen-bond donors (Lipinski definition) is 2. The molecule has 3 rings (SSSR count). The highest BCUT2D eigenvalue weighted by Crippen LogP contribution is 2.36. The van der Waals surface area contributed by atoms with E-state index in [1.807, 2.05) is 0 Å². The molecular formula is C19H25F4N3O2. The predicted molar refractivity (Wildman–Crippen MR) is 94.7 cm³/mol. The van der Waals surface area contributed by atoms with Gasteiger partial charge in [-0.15, -0.1) is 0 Å². The lowest BCUT2D eigenvalue weighted by Crippen LogP contribution is -2.54. The number of halogens is 4. The fourth-order valence-corrected chi connectivity index (χ4v) is 4.09. The van der Waals surface area contributed by atoms with Gasteiger partial charge in [-0.05, 0) is 30.5 Å². The summed E-state index contributed by atoms with van der Waals surface area (Å²) in [6.07, 6.45) is 0.322. The van der Waals surface area contributed by atoms with Crippen LogP contribution in [0.1, 0.15) is 44.1 Å². The van der Waals surface area contributed by atoms with Gasteiger partial charge in [0, 0.05) is 7.05 Å². The summed E-state index contributed by atoms with van der Waals surface area (Å²) >= 11 is 0. The number of nitrogens with zero attached hydrogens (tertiary/aromatic N) is 1. The van der Waals surface area contributed by atoms with Gasteiger partial charge in [0.15, 0.2) is 11.6 Å². The molecule has 2 unspecified atom stereocenters. The van der Waals surface area contributed by atoms with E-state index >= 15 is 0 Å². The van der Waals surface area contributed by atoms with Crippen molar-refractivity contribution in [1.29, 1.82) is 0 Å². The number of nitrogens with one attached hydrogen (secondary N) is 1. The summed E-state index contributed by atoms with van der Waals surface area (Å²) in [7, 11) is 1.55. The standard InChI is InChI=1S/C19H25F4N3O2/c1-26-16(27)18(25-17(26)24,10-12-5-3-2-4-6-12)11-28-15-9-13(19(21,22)23)7-8-14(15)20/h7-9,12,17,25H,2-6,10-11,24H2,1H3. The fraction of sp³-hybridized carbons (Fsp3) is 0.632. The van der Waals surface area contributed by atoms with Crippen molar-refractivity contribution < 1.29 is 27.1 Å². The van der Waals surface area contributed by atoms with Crippen LogP contribution in [-0.2, 0) is 11.0 Å². The quantitative estimate of drug-likeness (QED) is 0.741. The second-order valence-corrected chi connectivity index (χ2v) is 7.73. The molecule has 2 atom stereocenters. The highest BCUT2D eigenvalue weighted by molar-refractivity contribution is 5.88. The van der Waals surface area contributed by atoms with Crippen molar-refractivity contribution >= 4 is 5.91 Å². The zero-order valence-electron chi connectivity index (χ0n) is 15.7. The molecule has 1 aromatic carbocycles. The Labute approximate surface area is 161 Å². The van der Waals surface area contributed by atoms with Gasteiger partial charge in [0.2, 0.25) is 5.91 Å². The first-order chi connectivity index (χ1) is 13.1. The largest absolute Gasteiger partial charge is 0.488 e. The average Bonchev–Trinajstić information content (AvgIpc) is 2.85. The van der Waals surface area contributed by atoms with Crippen LogP contribution >= 0.6 is 0 Å². The first-order valence-electron chi connectivity index (χ1n) is 9.42.